The summed E-state index contributed by atoms with van der Waals surface area (Å²) in [5.74, 6) is 5.12. The molecule has 0 N–H and O–H groups in total. The normalized spacial score (nSPS) is 21.0. The molecular weight excluding hydrogens is 204 g/mol. The van der Waals surface area contributed by atoms with Crippen molar-refractivity contribution in [2.45, 2.75) is 74.7 Å². The first kappa shape index (κ1) is 17.0. The predicted octanol–water partition coefficient (Wildman–Crippen LogP) is 6.01. The SMILES string of the molecule is CCCC(C)CC(C)C(C)C(C)C(C)C(C)C. The maximum Gasteiger partial charge on any atom is -0.0386 e. The Morgan fingerprint density at radius 2 is 1.24 bits per heavy atom. The van der Waals surface area contributed by atoms with Gasteiger partial charge < -0.3 is 0 Å². The zero-order valence-electron chi connectivity index (χ0n) is 13.6. The van der Waals surface area contributed by atoms with Crippen molar-refractivity contribution in [2.24, 2.45) is 35.5 Å². The minimum Gasteiger partial charge on any atom is -0.0654 e. The van der Waals surface area contributed by atoms with E-state index in [0.29, 0.717) is 0 Å². The Morgan fingerprint density at radius 3 is 1.65 bits per heavy atom. The first-order valence-corrected chi connectivity index (χ1v) is 7.81. The minimum absolute atomic E-state index is 0.813. The monoisotopic (exact) mass is 240 g/mol. The molecule has 0 saturated heterocycles. The van der Waals surface area contributed by atoms with Crippen LogP contribution in [0.3, 0.4) is 0 Å². The molecule has 0 aliphatic carbocycles. The molecule has 0 heteroatoms. The Labute approximate surface area is 111 Å². The van der Waals surface area contributed by atoms with Gasteiger partial charge in [0.25, 0.3) is 0 Å². The molecule has 0 aliphatic rings. The Bertz CT molecular complexity index is 182. The summed E-state index contributed by atoms with van der Waals surface area (Å²) < 4.78 is 0. The zero-order valence-corrected chi connectivity index (χ0v) is 13.6. The number of hydrogen-bond donors (Lipinski definition) is 0. The summed E-state index contributed by atoms with van der Waals surface area (Å²) in [6, 6.07) is 0. The lowest BCUT2D eigenvalue weighted by molar-refractivity contribution is 0.159. The van der Waals surface area contributed by atoms with Gasteiger partial charge in [-0.3, -0.25) is 0 Å². The topological polar surface area (TPSA) is 0 Å². The van der Waals surface area contributed by atoms with Gasteiger partial charge >= 0.3 is 0 Å². The van der Waals surface area contributed by atoms with Crippen LogP contribution in [0.25, 0.3) is 0 Å². The highest BCUT2D eigenvalue weighted by Crippen LogP contribution is 2.34. The molecule has 0 aromatic rings. The molecule has 0 nitrogen and oxygen atoms in total. The van der Waals surface area contributed by atoms with Gasteiger partial charge in [0.15, 0.2) is 0 Å². The van der Waals surface area contributed by atoms with Crippen molar-refractivity contribution in [3.8, 4) is 0 Å². The van der Waals surface area contributed by atoms with Crippen LogP contribution in [0.4, 0.5) is 0 Å². The highest BCUT2D eigenvalue weighted by molar-refractivity contribution is 4.75. The molecule has 0 aliphatic heterocycles. The van der Waals surface area contributed by atoms with Gasteiger partial charge in [0, 0.05) is 0 Å². The van der Waals surface area contributed by atoms with Crippen LogP contribution in [0.5, 0.6) is 0 Å². The highest BCUT2D eigenvalue weighted by Gasteiger charge is 2.26. The molecule has 0 spiro atoms. The first-order chi connectivity index (χ1) is 7.81. The fourth-order valence-corrected chi connectivity index (χ4v) is 3.06. The van der Waals surface area contributed by atoms with Crippen molar-refractivity contribution >= 4 is 0 Å². The van der Waals surface area contributed by atoms with Crippen molar-refractivity contribution in [3.63, 3.8) is 0 Å². The van der Waals surface area contributed by atoms with Gasteiger partial charge in [-0.1, -0.05) is 68.2 Å². The van der Waals surface area contributed by atoms with Gasteiger partial charge in [-0.15, -0.1) is 0 Å². The summed E-state index contributed by atoms with van der Waals surface area (Å²) in [5, 5.41) is 0. The molecule has 0 amide bonds. The second-order valence-corrected chi connectivity index (χ2v) is 6.93. The van der Waals surface area contributed by atoms with E-state index in [1.165, 1.54) is 19.3 Å². The molecule has 0 radical (unpaired) electrons. The smallest absolute Gasteiger partial charge is 0.0386 e. The predicted molar refractivity (Wildman–Crippen MR) is 80.2 cm³/mol. The van der Waals surface area contributed by atoms with Gasteiger partial charge in [0.05, 0.1) is 0 Å². The Kier molecular flexibility index (Phi) is 8.16. The molecule has 5 unspecified atom stereocenters. The van der Waals surface area contributed by atoms with Crippen LogP contribution in [0.15, 0.2) is 0 Å². The van der Waals surface area contributed by atoms with E-state index in [0.717, 1.165) is 35.5 Å². The number of rotatable bonds is 8. The highest BCUT2D eigenvalue weighted by atomic mass is 14.3. The molecular formula is C17H36. The largest absolute Gasteiger partial charge is 0.0654 e. The van der Waals surface area contributed by atoms with E-state index in [2.05, 4.69) is 55.4 Å². The summed E-state index contributed by atoms with van der Waals surface area (Å²) in [6.45, 7) is 19.2. The van der Waals surface area contributed by atoms with E-state index in [-0.39, 0.29) is 0 Å². The van der Waals surface area contributed by atoms with Crippen LogP contribution in [-0.4, -0.2) is 0 Å². The molecule has 104 valence electrons. The van der Waals surface area contributed by atoms with Crippen molar-refractivity contribution < 1.29 is 0 Å². The third kappa shape index (κ3) is 5.93. The molecule has 17 heavy (non-hydrogen) atoms. The molecule has 0 aromatic heterocycles. The summed E-state index contributed by atoms with van der Waals surface area (Å²) >= 11 is 0. The van der Waals surface area contributed by atoms with Crippen molar-refractivity contribution in [3.05, 3.63) is 0 Å². The third-order valence-electron chi connectivity index (χ3n) is 5.16. The second kappa shape index (κ2) is 8.16. The van der Waals surface area contributed by atoms with Crippen LogP contribution in [0, 0.1) is 35.5 Å². The van der Waals surface area contributed by atoms with E-state index < -0.39 is 0 Å². The maximum absolute atomic E-state index is 2.47. The van der Waals surface area contributed by atoms with Gasteiger partial charge in [-0.25, -0.2) is 0 Å². The van der Waals surface area contributed by atoms with Crippen LogP contribution in [0.1, 0.15) is 74.7 Å². The van der Waals surface area contributed by atoms with E-state index >= 15 is 0 Å². The van der Waals surface area contributed by atoms with Crippen molar-refractivity contribution in [2.75, 3.05) is 0 Å². The van der Waals surface area contributed by atoms with E-state index in [1.807, 2.05) is 0 Å². The lowest BCUT2D eigenvalue weighted by Gasteiger charge is -2.33. The average Bonchev–Trinajstić information content (AvgIpc) is 2.25. The van der Waals surface area contributed by atoms with Gasteiger partial charge in [0.2, 0.25) is 0 Å². The Hall–Kier alpha value is 0. The summed E-state index contributed by atoms with van der Waals surface area (Å²) in [7, 11) is 0. The lowest BCUT2D eigenvalue weighted by Crippen LogP contribution is -2.26. The number of hydrogen-bond acceptors (Lipinski definition) is 0. The van der Waals surface area contributed by atoms with E-state index in [1.54, 1.807) is 0 Å². The fourth-order valence-electron chi connectivity index (χ4n) is 3.06. The van der Waals surface area contributed by atoms with Gasteiger partial charge in [0.1, 0.15) is 0 Å². The average molecular weight is 240 g/mol. The van der Waals surface area contributed by atoms with Crippen LogP contribution < -0.4 is 0 Å². The molecule has 0 saturated carbocycles. The fraction of sp³-hybridized carbons (Fsp3) is 1.00. The molecule has 5 atom stereocenters. The molecule has 0 heterocycles. The molecule has 0 aromatic carbocycles. The second-order valence-electron chi connectivity index (χ2n) is 6.93. The van der Waals surface area contributed by atoms with Crippen LogP contribution in [-0.2, 0) is 0 Å². The Balaban J connectivity index is 4.23. The molecule has 0 bridgehead atoms. The van der Waals surface area contributed by atoms with E-state index in [9.17, 15) is 0 Å². The molecule has 0 fully saturated rings. The zero-order chi connectivity index (χ0) is 13.6. The summed E-state index contributed by atoms with van der Waals surface area (Å²) in [5.41, 5.74) is 0. The van der Waals surface area contributed by atoms with Crippen molar-refractivity contribution in [1.82, 2.24) is 0 Å². The quantitative estimate of drug-likeness (QED) is 0.487. The summed E-state index contributed by atoms with van der Waals surface area (Å²) in [6.07, 6.45) is 4.13. The molecule has 0 rings (SSSR count). The van der Waals surface area contributed by atoms with Gasteiger partial charge in [-0.05, 0) is 41.9 Å². The van der Waals surface area contributed by atoms with Crippen molar-refractivity contribution in [1.29, 1.82) is 0 Å². The van der Waals surface area contributed by atoms with Crippen LogP contribution in [0.2, 0.25) is 0 Å². The first-order valence-electron chi connectivity index (χ1n) is 7.81. The standard InChI is InChI=1S/C17H36/c1-9-10-13(4)11-14(5)16(7)17(8)15(6)12(2)3/h12-17H,9-11H2,1-8H3. The maximum atomic E-state index is 2.47. The summed E-state index contributed by atoms with van der Waals surface area (Å²) in [4.78, 5) is 0. The van der Waals surface area contributed by atoms with Crippen LogP contribution >= 0.6 is 0 Å². The Morgan fingerprint density at radius 1 is 0.706 bits per heavy atom. The minimum atomic E-state index is 0.813. The third-order valence-corrected chi connectivity index (χ3v) is 5.16. The van der Waals surface area contributed by atoms with E-state index in [4.69, 9.17) is 0 Å². The van der Waals surface area contributed by atoms with Gasteiger partial charge in [-0.2, -0.15) is 0 Å². The lowest BCUT2D eigenvalue weighted by atomic mass is 9.72.